The quantitative estimate of drug-likeness (QED) is 0.711. The van der Waals surface area contributed by atoms with Crippen LogP contribution < -0.4 is 9.80 Å². The Bertz CT molecular complexity index is 905. The minimum Gasteiger partial charge on any atom is -0.368 e. The number of hydrogen-bond donors (Lipinski definition) is 1. The van der Waals surface area contributed by atoms with E-state index in [4.69, 9.17) is 5.10 Å². The highest BCUT2D eigenvalue weighted by molar-refractivity contribution is 5.79. The largest absolute Gasteiger partial charge is 0.368 e. The predicted octanol–water partition coefficient (Wildman–Crippen LogP) is 4.80. The lowest BCUT2D eigenvalue weighted by molar-refractivity contribution is 0.466. The molecule has 4 nitrogen and oxygen atoms in total. The van der Waals surface area contributed by atoms with E-state index in [1.807, 2.05) is 0 Å². The van der Waals surface area contributed by atoms with Gasteiger partial charge in [0.1, 0.15) is 5.69 Å². The van der Waals surface area contributed by atoms with Crippen LogP contribution in [0.1, 0.15) is 36.9 Å². The van der Waals surface area contributed by atoms with E-state index in [9.17, 15) is 0 Å². The molecule has 2 bridgehead atoms. The van der Waals surface area contributed by atoms with Gasteiger partial charge in [-0.25, -0.2) is 0 Å². The van der Waals surface area contributed by atoms with Crippen molar-refractivity contribution in [3.8, 4) is 11.3 Å². The molecule has 2 aromatic carbocycles. The van der Waals surface area contributed by atoms with Crippen molar-refractivity contribution < 1.29 is 0 Å². The van der Waals surface area contributed by atoms with E-state index in [2.05, 4.69) is 76.4 Å². The van der Waals surface area contributed by atoms with E-state index in [0.29, 0.717) is 5.92 Å². The molecule has 0 saturated carbocycles. The number of nitrogens with zero attached hydrogens (tertiary/aromatic N) is 3. The molecule has 3 aromatic rings. The number of rotatable bonds is 5. The fourth-order valence-corrected chi connectivity index (χ4v) is 4.57. The molecule has 0 amide bonds. The van der Waals surface area contributed by atoms with Gasteiger partial charge in [0.25, 0.3) is 0 Å². The molecule has 3 aliphatic heterocycles. The first-order valence-corrected chi connectivity index (χ1v) is 10.1. The van der Waals surface area contributed by atoms with Gasteiger partial charge in [0.15, 0.2) is 0 Å². The van der Waals surface area contributed by atoms with Crippen molar-refractivity contribution >= 4 is 11.4 Å². The maximum absolute atomic E-state index is 4.69. The van der Waals surface area contributed by atoms with Gasteiger partial charge in [-0.1, -0.05) is 42.5 Å². The maximum Gasteiger partial charge on any atom is 0.116 e. The second-order valence-electron chi connectivity index (χ2n) is 7.64. The Labute approximate surface area is 160 Å². The highest BCUT2D eigenvalue weighted by Gasteiger charge is 2.35. The van der Waals surface area contributed by atoms with Crippen LogP contribution in [0.15, 0.2) is 54.6 Å². The normalized spacial score (nSPS) is 15.8. The van der Waals surface area contributed by atoms with E-state index >= 15 is 0 Å². The molecule has 4 heterocycles. The number of benzene rings is 2. The van der Waals surface area contributed by atoms with Crippen LogP contribution in [0, 0.1) is 0 Å². The number of fused-ring (bicyclic) bond motifs is 2. The summed E-state index contributed by atoms with van der Waals surface area (Å²) in [5.41, 5.74) is 7.63. The van der Waals surface area contributed by atoms with Crippen LogP contribution in [0.5, 0.6) is 0 Å². The Morgan fingerprint density at radius 2 is 1.78 bits per heavy atom. The summed E-state index contributed by atoms with van der Waals surface area (Å²) in [5, 5.41) is 8.03. The first-order valence-electron chi connectivity index (χ1n) is 10.1. The van der Waals surface area contributed by atoms with Crippen molar-refractivity contribution in [3.05, 3.63) is 65.9 Å². The van der Waals surface area contributed by atoms with Crippen molar-refractivity contribution in [2.24, 2.45) is 0 Å². The molecule has 0 aliphatic carbocycles. The van der Waals surface area contributed by atoms with Gasteiger partial charge in [-0.2, -0.15) is 5.10 Å². The van der Waals surface area contributed by atoms with Crippen LogP contribution in [-0.2, 0) is 6.54 Å². The Morgan fingerprint density at radius 3 is 2.48 bits per heavy atom. The Kier molecular flexibility index (Phi) is 4.12. The van der Waals surface area contributed by atoms with E-state index in [0.717, 1.165) is 18.8 Å². The number of aromatic amines is 1. The van der Waals surface area contributed by atoms with Gasteiger partial charge in [-0.05, 0) is 37.5 Å². The molecule has 1 fully saturated rings. The summed E-state index contributed by atoms with van der Waals surface area (Å²) in [7, 11) is 0. The second-order valence-corrected chi connectivity index (χ2v) is 7.64. The number of anilines is 2. The zero-order valence-electron chi connectivity index (χ0n) is 15.9. The van der Waals surface area contributed by atoms with Crippen LogP contribution in [0.4, 0.5) is 11.4 Å². The van der Waals surface area contributed by atoms with Crippen LogP contribution in [0.25, 0.3) is 11.3 Å². The molecule has 138 valence electrons. The molecule has 27 heavy (non-hydrogen) atoms. The summed E-state index contributed by atoms with van der Waals surface area (Å²) in [5.74, 6) is 0.673. The SMILES string of the molecule is CCN(Cc1ccccc1)c1ccc(-c2n[nH]c3c2N2CCC3CC2)cc1. The number of hydrogen-bond acceptors (Lipinski definition) is 3. The number of piperidine rings is 1. The Hall–Kier alpha value is -2.75. The van der Waals surface area contributed by atoms with E-state index in [1.54, 1.807) is 0 Å². The van der Waals surface area contributed by atoms with E-state index in [-0.39, 0.29) is 0 Å². The fraction of sp³-hybridized carbons (Fsp3) is 0.348. The summed E-state index contributed by atoms with van der Waals surface area (Å²) in [6.45, 7) is 6.47. The lowest BCUT2D eigenvalue weighted by atomic mass is 9.86. The Balaban J connectivity index is 1.41. The summed E-state index contributed by atoms with van der Waals surface area (Å²) in [4.78, 5) is 4.92. The minimum absolute atomic E-state index is 0.673. The molecule has 0 spiro atoms. The van der Waals surface area contributed by atoms with Crippen molar-refractivity contribution in [1.29, 1.82) is 0 Å². The number of H-pyrrole nitrogens is 1. The van der Waals surface area contributed by atoms with Gasteiger partial charge in [0, 0.05) is 43.3 Å². The summed E-state index contributed by atoms with van der Waals surface area (Å²) >= 11 is 0. The predicted molar refractivity (Wildman–Crippen MR) is 111 cm³/mol. The molecule has 0 radical (unpaired) electrons. The molecule has 6 rings (SSSR count). The van der Waals surface area contributed by atoms with Gasteiger partial charge in [0.2, 0.25) is 0 Å². The number of nitrogens with one attached hydrogen (secondary N) is 1. The Morgan fingerprint density at radius 1 is 1.04 bits per heavy atom. The average molecular weight is 358 g/mol. The average Bonchev–Trinajstić information content (AvgIpc) is 3.21. The highest BCUT2D eigenvalue weighted by atomic mass is 15.2. The zero-order chi connectivity index (χ0) is 18.2. The van der Waals surface area contributed by atoms with E-state index in [1.165, 1.54) is 54.1 Å². The summed E-state index contributed by atoms with van der Waals surface area (Å²) in [6, 6.07) is 19.6. The molecule has 4 heteroatoms. The van der Waals surface area contributed by atoms with Crippen LogP contribution >= 0.6 is 0 Å². The minimum atomic E-state index is 0.673. The summed E-state index contributed by atoms with van der Waals surface area (Å²) < 4.78 is 0. The molecule has 0 unspecified atom stereocenters. The lowest BCUT2D eigenvalue weighted by Gasteiger charge is -2.40. The zero-order valence-corrected chi connectivity index (χ0v) is 15.9. The molecular formula is C23H26N4. The lowest BCUT2D eigenvalue weighted by Crippen LogP contribution is -2.38. The van der Waals surface area contributed by atoms with Crippen molar-refractivity contribution in [1.82, 2.24) is 10.2 Å². The van der Waals surface area contributed by atoms with Gasteiger partial charge < -0.3 is 9.80 Å². The third-order valence-electron chi connectivity index (χ3n) is 6.09. The van der Waals surface area contributed by atoms with E-state index < -0.39 is 0 Å². The van der Waals surface area contributed by atoms with Gasteiger partial charge >= 0.3 is 0 Å². The van der Waals surface area contributed by atoms with Gasteiger partial charge in [-0.3, -0.25) is 5.10 Å². The van der Waals surface area contributed by atoms with Crippen LogP contribution in [0.3, 0.4) is 0 Å². The topological polar surface area (TPSA) is 35.2 Å². The fourth-order valence-electron chi connectivity index (χ4n) is 4.57. The standard InChI is InChI=1S/C23H26N4/c1-2-26(16-17-6-4-3-5-7-17)20-10-8-18(9-11-20)21-23-22(25-24-21)19-12-14-27(23)15-13-19/h3-11,19H,2,12-16H2,1H3,(H,24,25). The van der Waals surface area contributed by atoms with Gasteiger partial charge in [0.05, 0.1) is 11.4 Å². The third-order valence-corrected chi connectivity index (χ3v) is 6.09. The first-order chi connectivity index (χ1) is 13.3. The summed E-state index contributed by atoms with van der Waals surface area (Å²) in [6.07, 6.45) is 2.52. The second kappa shape index (κ2) is 6.76. The molecule has 1 aromatic heterocycles. The first kappa shape index (κ1) is 16.4. The third kappa shape index (κ3) is 2.89. The molecule has 1 saturated heterocycles. The molecule has 3 aliphatic rings. The highest BCUT2D eigenvalue weighted by Crippen LogP contribution is 2.45. The van der Waals surface area contributed by atoms with Crippen molar-refractivity contribution in [3.63, 3.8) is 0 Å². The van der Waals surface area contributed by atoms with Crippen LogP contribution in [-0.4, -0.2) is 29.8 Å². The molecular weight excluding hydrogens is 332 g/mol. The molecule has 0 atom stereocenters. The smallest absolute Gasteiger partial charge is 0.116 e. The van der Waals surface area contributed by atoms with Crippen molar-refractivity contribution in [2.45, 2.75) is 32.2 Å². The monoisotopic (exact) mass is 358 g/mol. The van der Waals surface area contributed by atoms with Crippen LogP contribution in [0.2, 0.25) is 0 Å². The van der Waals surface area contributed by atoms with Crippen molar-refractivity contribution in [2.75, 3.05) is 29.4 Å². The number of aromatic nitrogens is 2. The molecule has 1 N–H and O–H groups in total. The van der Waals surface area contributed by atoms with Gasteiger partial charge in [-0.15, -0.1) is 0 Å². The maximum atomic E-state index is 4.69.